The first-order chi connectivity index (χ1) is 11.3. The number of nitriles is 1. The summed E-state index contributed by atoms with van der Waals surface area (Å²) in [6.45, 7) is 1.87. The summed E-state index contributed by atoms with van der Waals surface area (Å²) in [4.78, 5) is 12.1. The molecule has 0 aliphatic carbocycles. The van der Waals surface area contributed by atoms with E-state index >= 15 is 0 Å². The zero-order valence-corrected chi connectivity index (χ0v) is 14.5. The highest BCUT2D eigenvalue weighted by atomic mass is 35.5. The number of nitrogens with zero attached hydrogens (tertiary/aromatic N) is 1. The Bertz CT molecular complexity index is 900. The third-order valence-corrected chi connectivity index (χ3v) is 5.40. The normalized spacial score (nSPS) is 10.9. The van der Waals surface area contributed by atoms with Gasteiger partial charge in [-0.1, -0.05) is 29.3 Å². The minimum absolute atomic E-state index is 0.173. The van der Waals surface area contributed by atoms with E-state index in [1.165, 1.54) is 30.3 Å². The highest BCUT2D eigenvalue weighted by Gasteiger charge is 2.16. The van der Waals surface area contributed by atoms with Crippen molar-refractivity contribution >= 4 is 33.0 Å². The molecule has 0 aromatic heterocycles. The molecule has 0 aliphatic rings. The van der Waals surface area contributed by atoms with E-state index in [-0.39, 0.29) is 22.1 Å². The monoisotopic (exact) mass is 362 g/mol. The predicted octanol–water partition coefficient (Wildman–Crippen LogP) is 3.32. The van der Waals surface area contributed by atoms with Gasteiger partial charge in [0.25, 0.3) is 0 Å². The van der Waals surface area contributed by atoms with Crippen LogP contribution in [0.15, 0.2) is 47.4 Å². The van der Waals surface area contributed by atoms with Gasteiger partial charge in [0.05, 0.1) is 21.2 Å². The van der Waals surface area contributed by atoms with Crippen molar-refractivity contribution in [1.29, 1.82) is 5.26 Å². The average Bonchev–Trinajstić information content (AvgIpc) is 2.54. The number of hydrogen-bond donors (Lipinski definition) is 1. The SMILES string of the molecule is Cc1ccc(S(=O)(=O)CCC(=O)Nc2ccc(C#N)c(Cl)c2)cc1. The van der Waals surface area contributed by atoms with E-state index in [0.717, 1.165) is 5.56 Å². The smallest absolute Gasteiger partial charge is 0.225 e. The second-order valence-corrected chi connectivity index (χ2v) is 7.75. The fourth-order valence-electron chi connectivity index (χ4n) is 2.00. The first kappa shape index (κ1) is 18.0. The van der Waals surface area contributed by atoms with Gasteiger partial charge in [-0.3, -0.25) is 4.79 Å². The van der Waals surface area contributed by atoms with E-state index in [1.807, 2.05) is 13.0 Å². The summed E-state index contributed by atoms with van der Waals surface area (Å²) >= 11 is 5.89. The van der Waals surface area contributed by atoms with Crippen LogP contribution in [0.2, 0.25) is 5.02 Å². The van der Waals surface area contributed by atoms with Gasteiger partial charge < -0.3 is 5.32 Å². The fraction of sp³-hybridized carbons (Fsp3) is 0.176. The topological polar surface area (TPSA) is 87.0 Å². The maximum Gasteiger partial charge on any atom is 0.225 e. The highest BCUT2D eigenvalue weighted by Crippen LogP contribution is 2.20. The van der Waals surface area contributed by atoms with Crippen LogP contribution in [-0.4, -0.2) is 20.1 Å². The molecule has 7 heteroatoms. The molecule has 2 aromatic carbocycles. The van der Waals surface area contributed by atoms with Crippen LogP contribution < -0.4 is 5.32 Å². The van der Waals surface area contributed by atoms with Crippen LogP contribution >= 0.6 is 11.6 Å². The van der Waals surface area contributed by atoms with E-state index in [4.69, 9.17) is 16.9 Å². The number of rotatable bonds is 5. The van der Waals surface area contributed by atoms with Gasteiger partial charge in [-0.05, 0) is 37.3 Å². The number of sulfone groups is 1. The first-order valence-electron chi connectivity index (χ1n) is 7.11. The number of halogens is 1. The van der Waals surface area contributed by atoms with Crippen molar-refractivity contribution in [3.63, 3.8) is 0 Å². The Labute approximate surface area is 145 Å². The lowest BCUT2D eigenvalue weighted by Gasteiger charge is -2.07. The van der Waals surface area contributed by atoms with Gasteiger partial charge in [-0.15, -0.1) is 0 Å². The highest BCUT2D eigenvalue weighted by molar-refractivity contribution is 7.91. The number of carbonyl (C=O) groups excluding carboxylic acids is 1. The third-order valence-electron chi connectivity index (χ3n) is 3.35. The second kappa shape index (κ2) is 7.47. The molecule has 2 rings (SSSR count). The number of nitrogens with one attached hydrogen (secondary N) is 1. The quantitative estimate of drug-likeness (QED) is 0.883. The Morgan fingerprint density at radius 1 is 1.21 bits per heavy atom. The summed E-state index contributed by atoms with van der Waals surface area (Å²) in [5, 5.41) is 11.6. The number of anilines is 1. The molecule has 5 nitrogen and oxygen atoms in total. The van der Waals surface area contributed by atoms with Crippen LogP contribution in [0.4, 0.5) is 5.69 Å². The van der Waals surface area contributed by atoms with E-state index in [9.17, 15) is 13.2 Å². The molecule has 0 saturated carbocycles. The zero-order chi connectivity index (χ0) is 17.7. The molecular weight excluding hydrogens is 348 g/mol. The standard InChI is InChI=1S/C17H15ClN2O3S/c1-12-2-6-15(7-3-12)24(22,23)9-8-17(21)20-14-5-4-13(11-19)16(18)10-14/h2-7,10H,8-9H2,1H3,(H,20,21). The minimum atomic E-state index is -3.51. The number of amides is 1. The minimum Gasteiger partial charge on any atom is -0.326 e. The Morgan fingerprint density at radius 3 is 2.46 bits per heavy atom. The largest absolute Gasteiger partial charge is 0.326 e. The van der Waals surface area contributed by atoms with Crippen molar-refractivity contribution in [3.8, 4) is 6.07 Å². The molecule has 0 heterocycles. The van der Waals surface area contributed by atoms with Gasteiger partial charge in [0.1, 0.15) is 6.07 Å². The van der Waals surface area contributed by atoms with Crippen molar-refractivity contribution in [3.05, 3.63) is 58.6 Å². The maximum absolute atomic E-state index is 12.2. The maximum atomic E-state index is 12.2. The Morgan fingerprint density at radius 2 is 1.88 bits per heavy atom. The van der Waals surface area contributed by atoms with E-state index in [1.54, 1.807) is 12.1 Å². The molecule has 1 N–H and O–H groups in total. The van der Waals surface area contributed by atoms with Crippen LogP contribution in [0, 0.1) is 18.3 Å². The van der Waals surface area contributed by atoms with Gasteiger partial charge >= 0.3 is 0 Å². The third kappa shape index (κ3) is 4.57. The summed E-state index contributed by atoms with van der Waals surface area (Å²) in [6.07, 6.45) is -0.173. The van der Waals surface area contributed by atoms with E-state index in [2.05, 4.69) is 5.32 Å². The van der Waals surface area contributed by atoms with E-state index in [0.29, 0.717) is 11.3 Å². The van der Waals surface area contributed by atoms with Crippen molar-refractivity contribution in [2.75, 3.05) is 11.1 Å². The van der Waals surface area contributed by atoms with Gasteiger partial charge in [-0.2, -0.15) is 5.26 Å². The molecule has 0 atom stereocenters. The molecule has 2 aromatic rings. The lowest BCUT2D eigenvalue weighted by molar-refractivity contribution is -0.115. The molecular formula is C17H15ClN2O3S. The Balaban J connectivity index is 1.99. The van der Waals surface area contributed by atoms with Crippen LogP contribution in [0.25, 0.3) is 0 Å². The molecule has 0 radical (unpaired) electrons. The predicted molar refractivity (Wildman–Crippen MR) is 92.6 cm³/mol. The van der Waals surface area contributed by atoms with Crippen molar-refractivity contribution < 1.29 is 13.2 Å². The molecule has 0 aliphatic heterocycles. The molecule has 1 amide bonds. The van der Waals surface area contributed by atoms with Crippen molar-refractivity contribution in [1.82, 2.24) is 0 Å². The number of carbonyl (C=O) groups is 1. The molecule has 0 bridgehead atoms. The molecule has 0 saturated heterocycles. The molecule has 0 unspecified atom stereocenters. The second-order valence-electron chi connectivity index (χ2n) is 5.24. The summed E-state index contributed by atoms with van der Waals surface area (Å²) in [5.41, 5.74) is 1.68. The molecule has 124 valence electrons. The van der Waals surface area contributed by atoms with Crippen LogP contribution in [0.5, 0.6) is 0 Å². The lowest BCUT2D eigenvalue weighted by Crippen LogP contribution is -2.17. The Hall–Kier alpha value is -2.36. The fourth-order valence-corrected chi connectivity index (χ4v) is 3.46. The average molecular weight is 363 g/mol. The van der Waals surface area contributed by atoms with Crippen LogP contribution in [-0.2, 0) is 14.6 Å². The van der Waals surface area contributed by atoms with Gasteiger partial charge in [0, 0.05) is 12.1 Å². The van der Waals surface area contributed by atoms with E-state index < -0.39 is 15.7 Å². The van der Waals surface area contributed by atoms with Crippen molar-refractivity contribution in [2.45, 2.75) is 18.2 Å². The van der Waals surface area contributed by atoms with Crippen molar-refractivity contribution in [2.24, 2.45) is 0 Å². The summed E-state index contributed by atoms with van der Waals surface area (Å²) in [5.74, 6) is -0.724. The van der Waals surface area contributed by atoms with Gasteiger partial charge in [0.15, 0.2) is 9.84 Å². The Kier molecular flexibility index (Phi) is 5.60. The number of benzene rings is 2. The van der Waals surface area contributed by atoms with Crippen LogP contribution in [0.3, 0.4) is 0 Å². The molecule has 24 heavy (non-hydrogen) atoms. The number of aryl methyl sites for hydroxylation is 1. The lowest BCUT2D eigenvalue weighted by atomic mass is 10.2. The molecule has 0 fully saturated rings. The summed E-state index contributed by atoms with van der Waals surface area (Å²) in [7, 11) is -3.51. The van der Waals surface area contributed by atoms with Crippen LogP contribution in [0.1, 0.15) is 17.5 Å². The molecule has 0 spiro atoms. The summed E-state index contributed by atoms with van der Waals surface area (Å²) in [6, 6.07) is 12.9. The number of hydrogen-bond acceptors (Lipinski definition) is 4. The first-order valence-corrected chi connectivity index (χ1v) is 9.14. The zero-order valence-electron chi connectivity index (χ0n) is 12.9. The van der Waals surface area contributed by atoms with Gasteiger partial charge in [-0.25, -0.2) is 8.42 Å². The summed E-state index contributed by atoms with van der Waals surface area (Å²) < 4.78 is 24.4. The van der Waals surface area contributed by atoms with Gasteiger partial charge in [0.2, 0.25) is 5.91 Å².